The van der Waals surface area contributed by atoms with E-state index in [4.69, 9.17) is 0 Å². The third-order valence-corrected chi connectivity index (χ3v) is 4.38. The van der Waals surface area contributed by atoms with Crippen LogP contribution in [-0.2, 0) is 4.79 Å². The highest BCUT2D eigenvalue weighted by Crippen LogP contribution is 2.28. The zero-order valence-corrected chi connectivity index (χ0v) is 10.7. The maximum atomic E-state index is 11.3. The van der Waals surface area contributed by atoms with Gasteiger partial charge in [0.15, 0.2) is 0 Å². The Bertz CT molecular complexity index is 239. The summed E-state index contributed by atoms with van der Waals surface area (Å²) >= 11 is 0. The van der Waals surface area contributed by atoms with E-state index in [9.17, 15) is 9.90 Å². The summed E-state index contributed by atoms with van der Waals surface area (Å²) < 4.78 is 0. The van der Waals surface area contributed by atoms with Crippen molar-refractivity contribution in [3.8, 4) is 0 Å². The molecular weight excluding hydrogens is 214 g/mol. The quantitative estimate of drug-likeness (QED) is 0.817. The van der Waals surface area contributed by atoms with E-state index in [1.54, 1.807) is 0 Å². The lowest BCUT2D eigenvalue weighted by molar-refractivity contribution is -0.121. The minimum Gasteiger partial charge on any atom is -0.395 e. The monoisotopic (exact) mass is 239 g/mol. The molecule has 0 aromatic heterocycles. The summed E-state index contributed by atoms with van der Waals surface area (Å²) in [4.78, 5) is 13.8. The molecule has 0 saturated heterocycles. The molecule has 2 saturated carbocycles. The van der Waals surface area contributed by atoms with Crippen LogP contribution in [0.3, 0.4) is 0 Å². The van der Waals surface area contributed by atoms with E-state index in [1.165, 1.54) is 32.1 Å². The van der Waals surface area contributed by atoms with Gasteiger partial charge in [0.25, 0.3) is 0 Å². The number of rotatable bonds is 4. The number of aliphatic hydroxyl groups is 1. The summed E-state index contributed by atoms with van der Waals surface area (Å²) in [6.07, 6.45) is 10.1. The van der Waals surface area contributed by atoms with Gasteiger partial charge in [-0.05, 0) is 25.7 Å². The van der Waals surface area contributed by atoms with Gasteiger partial charge in [0, 0.05) is 31.5 Å². The van der Waals surface area contributed by atoms with Crippen LogP contribution in [-0.4, -0.2) is 41.0 Å². The highest BCUT2D eigenvalue weighted by Gasteiger charge is 2.29. The Hall–Kier alpha value is -0.410. The molecule has 0 aliphatic heterocycles. The van der Waals surface area contributed by atoms with Gasteiger partial charge in [0.2, 0.25) is 0 Å². The summed E-state index contributed by atoms with van der Waals surface area (Å²) in [6.45, 7) is 1.05. The molecule has 98 valence electrons. The van der Waals surface area contributed by atoms with Crippen molar-refractivity contribution in [2.24, 2.45) is 0 Å². The molecule has 2 rings (SSSR count). The van der Waals surface area contributed by atoms with Gasteiger partial charge in [-0.15, -0.1) is 0 Å². The predicted octanol–water partition coefficient (Wildman–Crippen LogP) is 2.13. The first kappa shape index (κ1) is 13.0. The Labute approximate surface area is 104 Å². The van der Waals surface area contributed by atoms with Crippen molar-refractivity contribution >= 4 is 5.78 Å². The summed E-state index contributed by atoms with van der Waals surface area (Å²) in [7, 11) is 0. The van der Waals surface area contributed by atoms with E-state index in [-0.39, 0.29) is 6.61 Å². The highest BCUT2D eigenvalue weighted by molar-refractivity contribution is 5.79. The third-order valence-electron chi connectivity index (χ3n) is 4.38. The van der Waals surface area contributed by atoms with Gasteiger partial charge in [-0.2, -0.15) is 0 Å². The van der Waals surface area contributed by atoms with Crippen molar-refractivity contribution in [1.82, 2.24) is 4.90 Å². The number of ketones is 1. The molecule has 0 unspecified atom stereocenters. The van der Waals surface area contributed by atoms with Crippen molar-refractivity contribution in [3.63, 3.8) is 0 Å². The van der Waals surface area contributed by atoms with Gasteiger partial charge in [0.1, 0.15) is 5.78 Å². The molecule has 2 fully saturated rings. The maximum absolute atomic E-state index is 11.3. The third kappa shape index (κ3) is 3.52. The van der Waals surface area contributed by atoms with Crippen LogP contribution in [0.4, 0.5) is 0 Å². The lowest BCUT2D eigenvalue weighted by atomic mass is 9.88. The fraction of sp³-hybridized carbons (Fsp3) is 0.929. The first-order valence-corrected chi connectivity index (χ1v) is 7.19. The number of nitrogens with zero attached hydrogens (tertiary/aromatic N) is 1. The van der Waals surface area contributed by atoms with Crippen LogP contribution in [0, 0.1) is 0 Å². The van der Waals surface area contributed by atoms with E-state index in [0.29, 0.717) is 17.9 Å². The average molecular weight is 239 g/mol. The Morgan fingerprint density at radius 3 is 2.18 bits per heavy atom. The van der Waals surface area contributed by atoms with Crippen LogP contribution in [0.15, 0.2) is 0 Å². The Balaban J connectivity index is 1.92. The number of carbonyl (C=O) groups is 1. The highest BCUT2D eigenvalue weighted by atomic mass is 16.3. The van der Waals surface area contributed by atoms with Crippen LogP contribution < -0.4 is 0 Å². The number of carbonyl (C=O) groups excluding carboxylic acids is 1. The molecule has 3 heteroatoms. The van der Waals surface area contributed by atoms with Gasteiger partial charge < -0.3 is 5.11 Å². The maximum Gasteiger partial charge on any atom is 0.133 e. The Kier molecular flexibility index (Phi) is 4.99. The summed E-state index contributed by atoms with van der Waals surface area (Å²) in [6, 6.07) is 1.21. The van der Waals surface area contributed by atoms with Crippen molar-refractivity contribution in [2.45, 2.75) is 69.9 Å². The first-order chi connectivity index (χ1) is 8.31. The molecule has 17 heavy (non-hydrogen) atoms. The second kappa shape index (κ2) is 6.50. The molecule has 0 aromatic rings. The smallest absolute Gasteiger partial charge is 0.133 e. The summed E-state index contributed by atoms with van der Waals surface area (Å²) in [5, 5.41) is 9.24. The Morgan fingerprint density at radius 1 is 1.00 bits per heavy atom. The second-order valence-corrected chi connectivity index (χ2v) is 5.52. The number of hydrogen-bond donors (Lipinski definition) is 1. The summed E-state index contributed by atoms with van der Waals surface area (Å²) in [5.41, 5.74) is 0. The molecular formula is C14H25NO2. The standard InChI is InChI=1S/C14H25NO2/c16-11-10-15(12-4-2-1-3-5-12)13-6-8-14(17)9-7-13/h12-13,16H,1-11H2. The molecule has 0 aromatic carbocycles. The number of Topliss-reactive ketones (excluding diaryl/α,β-unsaturated/α-hetero) is 1. The molecule has 1 N–H and O–H groups in total. The molecule has 0 heterocycles. The van der Waals surface area contributed by atoms with Crippen molar-refractivity contribution < 1.29 is 9.90 Å². The van der Waals surface area contributed by atoms with Gasteiger partial charge in [-0.3, -0.25) is 9.69 Å². The molecule has 0 amide bonds. The fourth-order valence-corrected chi connectivity index (χ4v) is 3.45. The predicted molar refractivity (Wildman–Crippen MR) is 67.9 cm³/mol. The molecule has 0 bridgehead atoms. The minimum atomic E-state index is 0.251. The zero-order valence-electron chi connectivity index (χ0n) is 10.7. The van der Waals surface area contributed by atoms with E-state index >= 15 is 0 Å². The first-order valence-electron chi connectivity index (χ1n) is 7.19. The van der Waals surface area contributed by atoms with Crippen molar-refractivity contribution in [2.75, 3.05) is 13.2 Å². The lowest BCUT2D eigenvalue weighted by Gasteiger charge is -2.41. The number of hydrogen-bond acceptors (Lipinski definition) is 3. The van der Waals surface area contributed by atoms with E-state index in [0.717, 1.165) is 32.2 Å². The molecule has 0 atom stereocenters. The normalized spacial score (nSPS) is 24.5. The van der Waals surface area contributed by atoms with Gasteiger partial charge in [-0.25, -0.2) is 0 Å². The van der Waals surface area contributed by atoms with Gasteiger partial charge >= 0.3 is 0 Å². The second-order valence-electron chi connectivity index (χ2n) is 5.52. The fourth-order valence-electron chi connectivity index (χ4n) is 3.45. The van der Waals surface area contributed by atoms with Crippen molar-refractivity contribution in [1.29, 1.82) is 0 Å². The van der Waals surface area contributed by atoms with Crippen LogP contribution >= 0.6 is 0 Å². The molecule has 3 nitrogen and oxygen atoms in total. The minimum absolute atomic E-state index is 0.251. The molecule has 0 radical (unpaired) electrons. The van der Waals surface area contributed by atoms with Gasteiger partial charge in [-0.1, -0.05) is 19.3 Å². The molecule has 2 aliphatic carbocycles. The average Bonchev–Trinajstić information content (AvgIpc) is 2.38. The van der Waals surface area contributed by atoms with Crippen LogP contribution in [0.2, 0.25) is 0 Å². The van der Waals surface area contributed by atoms with Crippen LogP contribution in [0.1, 0.15) is 57.8 Å². The van der Waals surface area contributed by atoms with Gasteiger partial charge in [0.05, 0.1) is 6.61 Å². The van der Waals surface area contributed by atoms with E-state index in [1.807, 2.05) is 0 Å². The van der Waals surface area contributed by atoms with Crippen molar-refractivity contribution in [3.05, 3.63) is 0 Å². The SMILES string of the molecule is O=C1CCC(N(CCO)C2CCCCC2)CC1. The molecule has 0 spiro atoms. The van der Waals surface area contributed by atoms with Crippen LogP contribution in [0.25, 0.3) is 0 Å². The summed E-state index contributed by atoms with van der Waals surface area (Å²) in [5.74, 6) is 0.425. The largest absolute Gasteiger partial charge is 0.395 e. The topological polar surface area (TPSA) is 40.5 Å². The van der Waals surface area contributed by atoms with E-state index in [2.05, 4.69) is 4.90 Å². The number of aliphatic hydroxyl groups excluding tert-OH is 1. The Morgan fingerprint density at radius 2 is 1.59 bits per heavy atom. The zero-order chi connectivity index (χ0) is 12.1. The molecule has 2 aliphatic rings. The van der Waals surface area contributed by atoms with E-state index < -0.39 is 0 Å². The van der Waals surface area contributed by atoms with Crippen LogP contribution in [0.5, 0.6) is 0 Å². The lowest BCUT2D eigenvalue weighted by Crippen LogP contribution is -2.47.